The zero-order valence-corrected chi connectivity index (χ0v) is 19.0. The molecule has 7 nitrogen and oxygen atoms in total. The second-order valence-corrected chi connectivity index (χ2v) is 9.67. The Morgan fingerprint density at radius 2 is 1.50 bits per heavy atom. The highest BCUT2D eigenvalue weighted by atomic mass is 28.4. The van der Waals surface area contributed by atoms with Gasteiger partial charge in [0.2, 0.25) is 0 Å². The highest BCUT2D eigenvalue weighted by molar-refractivity contribution is 6.56. The molecule has 8 heteroatoms. The molecule has 0 spiro atoms. The molecular weight excluding hydrogens is 398 g/mol. The Labute approximate surface area is 181 Å². The summed E-state index contributed by atoms with van der Waals surface area (Å²) in [6.07, 6.45) is 9.67. The van der Waals surface area contributed by atoms with Gasteiger partial charge >= 0.3 is 8.80 Å². The topological polar surface area (TPSA) is 101 Å². The largest absolute Gasteiger partial charge is 0.492 e. The molecule has 0 amide bonds. The van der Waals surface area contributed by atoms with Crippen molar-refractivity contribution in [3.05, 3.63) is 42.6 Å². The third-order valence-corrected chi connectivity index (χ3v) is 6.00. The van der Waals surface area contributed by atoms with E-state index in [1.807, 2.05) is 29.8 Å². The van der Waals surface area contributed by atoms with E-state index in [2.05, 4.69) is 29.1 Å². The molecule has 0 atom stereocenters. The van der Waals surface area contributed by atoms with Crippen LogP contribution >= 0.6 is 0 Å². The average molecular weight is 434 g/mol. The Bertz CT molecular complexity index is 704. The first kappa shape index (κ1) is 24.7. The van der Waals surface area contributed by atoms with Crippen LogP contribution in [0.4, 0.5) is 0 Å². The molecule has 3 N–H and O–H groups in total. The lowest BCUT2D eigenvalue weighted by Gasteiger charge is -2.09. The second-order valence-electron chi connectivity index (χ2n) is 7.62. The smallest absolute Gasteiger partial charge is 0.390 e. The number of benzene rings is 1. The summed E-state index contributed by atoms with van der Waals surface area (Å²) < 4.78 is 7.26. The van der Waals surface area contributed by atoms with E-state index < -0.39 is 8.80 Å². The Balaban J connectivity index is 1.66. The van der Waals surface area contributed by atoms with Crippen LogP contribution in [0.3, 0.4) is 0 Å². The van der Waals surface area contributed by atoms with E-state index in [1.165, 1.54) is 19.3 Å². The predicted molar refractivity (Wildman–Crippen MR) is 118 cm³/mol. The fourth-order valence-corrected chi connectivity index (χ4v) is 4.15. The van der Waals surface area contributed by atoms with Crippen LogP contribution in [0.5, 0.6) is 0 Å². The summed E-state index contributed by atoms with van der Waals surface area (Å²) in [6, 6.07) is 10.3. The van der Waals surface area contributed by atoms with Crippen LogP contribution in [0, 0.1) is 6.61 Å². The Morgan fingerprint density at radius 1 is 0.900 bits per heavy atom. The summed E-state index contributed by atoms with van der Waals surface area (Å²) in [5, 5.41) is 8.55. The van der Waals surface area contributed by atoms with E-state index >= 15 is 0 Å². The maximum absolute atomic E-state index is 8.97. The summed E-state index contributed by atoms with van der Waals surface area (Å²) >= 11 is 0. The standard InChI is InChI=1S/C22H35N3O4Si/c1-2-29-19-21-22(20-15-11-10-12-16-20)25(24-23-21)17-13-8-6-4-3-5-7-9-14-18-30(26,27)28/h10-12,15-16,26-28H,2-9,13-14,17-18H2,1H3. The number of unbranched alkanes of at least 4 members (excludes halogenated alkanes) is 8. The van der Waals surface area contributed by atoms with E-state index in [9.17, 15) is 0 Å². The first-order chi connectivity index (χ1) is 14.5. The number of hydrogen-bond donors (Lipinski definition) is 3. The molecule has 0 bridgehead atoms. The Kier molecular flexibility index (Phi) is 11.2. The molecule has 2 rings (SSSR count). The number of hydrogen-bond acceptors (Lipinski definition) is 6. The van der Waals surface area contributed by atoms with Crippen LogP contribution in [0.2, 0.25) is 6.04 Å². The third kappa shape index (κ3) is 9.49. The maximum Gasteiger partial charge on any atom is 0.492 e. The third-order valence-electron chi connectivity index (χ3n) is 4.98. The lowest BCUT2D eigenvalue weighted by atomic mass is 10.1. The molecular formula is C22H35N3O4Si. The second kappa shape index (κ2) is 13.7. The van der Waals surface area contributed by atoms with Crippen molar-refractivity contribution in [2.24, 2.45) is 0 Å². The quantitative estimate of drug-likeness (QED) is 0.275. The minimum Gasteiger partial charge on any atom is -0.390 e. The van der Waals surface area contributed by atoms with Gasteiger partial charge in [-0.25, -0.2) is 4.68 Å². The van der Waals surface area contributed by atoms with Gasteiger partial charge < -0.3 is 19.1 Å². The highest BCUT2D eigenvalue weighted by Gasteiger charge is 2.25. The molecule has 0 aliphatic heterocycles. The number of aromatic nitrogens is 3. The Hall–Kier alpha value is -1.58. The van der Waals surface area contributed by atoms with Crippen molar-refractivity contribution in [2.75, 3.05) is 6.61 Å². The molecule has 0 saturated heterocycles. The zero-order chi connectivity index (χ0) is 21.7. The van der Waals surface area contributed by atoms with Gasteiger partial charge in [0.05, 0.1) is 5.69 Å². The van der Waals surface area contributed by atoms with Gasteiger partial charge in [0.25, 0.3) is 0 Å². The van der Waals surface area contributed by atoms with Crippen LogP contribution in [0.25, 0.3) is 11.3 Å². The molecule has 166 valence electrons. The van der Waals surface area contributed by atoms with Crippen molar-refractivity contribution in [1.82, 2.24) is 15.0 Å². The number of rotatable bonds is 16. The molecule has 0 saturated carbocycles. The predicted octanol–water partition coefficient (Wildman–Crippen LogP) is 3.80. The summed E-state index contributed by atoms with van der Waals surface area (Å²) in [4.78, 5) is 26.9. The average Bonchev–Trinajstić information content (AvgIpc) is 3.13. The van der Waals surface area contributed by atoms with Crippen LogP contribution < -0.4 is 0 Å². The van der Waals surface area contributed by atoms with E-state index in [0.717, 1.165) is 49.9 Å². The summed E-state index contributed by atoms with van der Waals surface area (Å²) in [5.41, 5.74) is 2.66. The fourth-order valence-electron chi connectivity index (χ4n) is 3.42. The van der Waals surface area contributed by atoms with Crippen molar-refractivity contribution in [3.8, 4) is 11.3 Å². The summed E-state index contributed by atoms with van der Waals surface area (Å²) in [6.45, 7) is 6.19. The zero-order valence-electron chi connectivity index (χ0n) is 18.0. The highest BCUT2D eigenvalue weighted by Crippen LogP contribution is 2.24. The van der Waals surface area contributed by atoms with E-state index in [0.29, 0.717) is 18.7 Å². The van der Waals surface area contributed by atoms with Gasteiger partial charge in [-0.3, -0.25) is 0 Å². The molecule has 0 unspecified atom stereocenters. The van der Waals surface area contributed by atoms with Crippen molar-refractivity contribution in [1.29, 1.82) is 0 Å². The molecule has 2 radical (unpaired) electrons. The minimum atomic E-state index is -3.83. The summed E-state index contributed by atoms with van der Waals surface area (Å²) in [7, 11) is -3.83. The SMILES string of the molecule is CCO[C]c1nnn(CCCCCCCCCCC[Si](O)(O)O)c1-c1ccccc1. The number of aryl methyl sites for hydroxylation is 1. The van der Waals surface area contributed by atoms with Crippen molar-refractivity contribution in [2.45, 2.75) is 77.3 Å². The molecule has 30 heavy (non-hydrogen) atoms. The van der Waals surface area contributed by atoms with Crippen molar-refractivity contribution in [3.63, 3.8) is 0 Å². The van der Waals surface area contributed by atoms with Crippen LogP contribution in [0.15, 0.2) is 30.3 Å². The minimum absolute atomic E-state index is 0.155. The van der Waals surface area contributed by atoms with Gasteiger partial charge in [-0.2, -0.15) is 0 Å². The van der Waals surface area contributed by atoms with Gasteiger partial charge in [-0.15, -0.1) is 5.10 Å². The van der Waals surface area contributed by atoms with Crippen LogP contribution in [-0.4, -0.2) is 44.8 Å². The lowest BCUT2D eigenvalue weighted by Crippen LogP contribution is -2.33. The summed E-state index contributed by atoms with van der Waals surface area (Å²) in [5.74, 6) is 0. The fraction of sp³-hybridized carbons (Fsp3) is 0.591. The molecule has 1 heterocycles. The Morgan fingerprint density at radius 3 is 2.10 bits per heavy atom. The van der Waals surface area contributed by atoms with Gasteiger partial charge in [0.15, 0.2) is 6.61 Å². The van der Waals surface area contributed by atoms with Crippen molar-refractivity contribution >= 4 is 8.80 Å². The normalized spacial score (nSPS) is 11.9. The van der Waals surface area contributed by atoms with Gasteiger partial charge in [0, 0.05) is 24.8 Å². The molecule has 1 aromatic heterocycles. The van der Waals surface area contributed by atoms with Crippen LogP contribution in [-0.2, 0) is 11.3 Å². The molecule has 0 fully saturated rings. The maximum atomic E-state index is 8.97. The van der Waals surface area contributed by atoms with Crippen molar-refractivity contribution < 1.29 is 19.1 Å². The number of ether oxygens (including phenoxy) is 1. The lowest BCUT2D eigenvalue weighted by molar-refractivity contribution is 0.226. The molecule has 1 aromatic carbocycles. The first-order valence-electron chi connectivity index (χ1n) is 11.0. The van der Waals surface area contributed by atoms with Gasteiger partial charge in [-0.05, 0) is 19.8 Å². The van der Waals surface area contributed by atoms with E-state index in [4.69, 9.17) is 19.1 Å². The molecule has 0 aliphatic rings. The number of nitrogens with zero attached hydrogens (tertiary/aromatic N) is 3. The monoisotopic (exact) mass is 433 g/mol. The van der Waals surface area contributed by atoms with Gasteiger partial charge in [-0.1, -0.05) is 80.5 Å². The molecule has 2 aromatic rings. The molecule has 0 aliphatic carbocycles. The van der Waals surface area contributed by atoms with E-state index in [-0.39, 0.29) is 6.04 Å². The van der Waals surface area contributed by atoms with Gasteiger partial charge in [0.1, 0.15) is 5.69 Å². The van der Waals surface area contributed by atoms with E-state index in [1.54, 1.807) is 0 Å². The first-order valence-corrected chi connectivity index (χ1v) is 13.1. The van der Waals surface area contributed by atoms with Crippen LogP contribution in [0.1, 0.15) is 70.4 Å².